The van der Waals surface area contributed by atoms with Crippen molar-refractivity contribution in [3.8, 4) is 5.69 Å². The number of carbonyl (C=O) groups is 1. The van der Waals surface area contributed by atoms with Crippen LogP contribution in [0.4, 0.5) is 0 Å². The van der Waals surface area contributed by atoms with Crippen molar-refractivity contribution in [3.05, 3.63) is 40.1 Å². The van der Waals surface area contributed by atoms with E-state index in [2.05, 4.69) is 31.6 Å². The van der Waals surface area contributed by atoms with E-state index in [1.54, 1.807) is 4.68 Å². The van der Waals surface area contributed by atoms with Gasteiger partial charge in [0, 0.05) is 17.1 Å². The number of nitrogens with two attached hydrogens (primary N) is 1. The van der Waals surface area contributed by atoms with Crippen molar-refractivity contribution in [2.24, 2.45) is 11.7 Å². The molecule has 6 nitrogen and oxygen atoms in total. The predicted molar refractivity (Wildman–Crippen MR) is 86.8 cm³/mol. The Hall–Kier alpha value is -1.73. The summed E-state index contributed by atoms with van der Waals surface area (Å²) in [6, 6.07) is 7.71. The summed E-state index contributed by atoms with van der Waals surface area (Å²) in [6.07, 6.45) is 2.32. The molecule has 1 atom stereocenters. The lowest BCUT2D eigenvalue weighted by Crippen LogP contribution is -2.38. The van der Waals surface area contributed by atoms with E-state index in [0.717, 1.165) is 23.0 Å². The molecular weight excluding hydrogens is 346 g/mol. The van der Waals surface area contributed by atoms with E-state index < -0.39 is 0 Å². The molecule has 22 heavy (non-hydrogen) atoms. The molecule has 1 saturated carbocycles. The summed E-state index contributed by atoms with van der Waals surface area (Å²) in [6.45, 7) is 2.31. The molecule has 1 aliphatic rings. The molecule has 0 spiro atoms. The average Bonchev–Trinajstić information content (AvgIpc) is 3.27. The van der Waals surface area contributed by atoms with E-state index in [-0.39, 0.29) is 11.9 Å². The highest BCUT2D eigenvalue weighted by Crippen LogP contribution is 2.31. The first-order valence-electron chi connectivity index (χ1n) is 7.28. The van der Waals surface area contributed by atoms with Gasteiger partial charge in [-0.25, -0.2) is 4.68 Å². The molecule has 0 bridgehead atoms. The second kappa shape index (κ2) is 6.18. The lowest BCUT2D eigenvalue weighted by Gasteiger charge is -2.10. The Morgan fingerprint density at radius 1 is 1.55 bits per heavy atom. The second-order valence-corrected chi connectivity index (χ2v) is 6.54. The first-order chi connectivity index (χ1) is 10.6. The minimum atomic E-state index is -0.227. The van der Waals surface area contributed by atoms with Gasteiger partial charge in [0.2, 0.25) is 0 Å². The van der Waals surface area contributed by atoms with Gasteiger partial charge in [-0.2, -0.15) is 0 Å². The molecule has 2 aromatic rings. The first-order valence-corrected chi connectivity index (χ1v) is 8.07. The Morgan fingerprint density at radius 2 is 2.32 bits per heavy atom. The van der Waals surface area contributed by atoms with Crippen LogP contribution in [0, 0.1) is 12.8 Å². The largest absolute Gasteiger partial charge is 0.349 e. The molecule has 0 radical (unpaired) electrons. The highest BCUT2D eigenvalue weighted by Gasteiger charge is 2.29. The van der Waals surface area contributed by atoms with Gasteiger partial charge in [0.15, 0.2) is 5.69 Å². The predicted octanol–water partition coefficient (Wildman–Crippen LogP) is 1.81. The molecule has 7 heteroatoms. The molecule has 1 aromatic carbocycles. The molecular formula is C15H18BrN5O. The van der Waals surface area contributed by atoms with Crippen molar-refractivity contribution in [1.29, 1.82) is 0 Å². The summed E-state index contributed by atoms with van der Waals surface area (Å²) in [5.74, 6) is 0.327. The standard InChI is InChI=1S/C15H18BrN5O/c1-9-14(15(22)18-8-13(17)10-5-6-10)19-20-21(9)12-4-2-3-11(16)7-12/h2-4,7,10,13H,5-6,8,17H2,1H3,(H,18,22). The third-order valence-corrected chi connectivity index (χ3v) is 4.38. The fraction of sp³-hybridized carbons (Fsp3) is 0.400. The maximum atomic E-state index is 12.2. The van der Waals surface area contributed by atoms with Crippen LogP contribution in [-0.2, 0) is 0 Å². The lowest BCUT2D eigenvalue weighted by molar-refractivity contribution is 0.0944. The van der Waals surface area contributed by atoms with E-state index in [1.807, 2.05) is 31.2 Å². The van der Waals surface area contributed by atoms with Gasteiger partial charge in [-0.3, -0.25) is 4.79 Å². The van der Waals surface area contributed by atoms with E-state index in [4.69, 9.17) is 5.73 Å². The summed E-state index contributed by atoms with van der Waals surface area (Å²) >= 11 is 3.43. The second-order valence-electron chi connectivity index (χ2n) is 5.63. The molecule has 1 heterocycles. The van der Waals surface area contributed by atoms with Crippen LogP contribution in [0.2, 0.25) is 0 Å². The van der Waals surface area contributed by atoms with Crippen molar-refractivity contribution >= 4 is 21.8 Å². The van der Waals surface area contributed by atoms with Gasteiger partial charge in [0.05, 0.1) is 11.4 Å². The van der Waals surface area contributed by atoms with Crippen LogP contribution in [0.15, 0.2) is 28.7 Å². The van der Waals surface area contributed by atoms with E-state index in [1.165, 1.54) is 0 Å². The number of hydrogen-bond donors (Lipinski definition) is 2. The van der Waals surface area contributed by atoms with Gasteiger partial charge in [-0.15, -0.1) is 5.10 Å². The zero-order valence-electron chi connectivity index (χ0n) is 12.3. The Balaban J connectivity index is 1.73. The van der Waals surface area contributed by atoms with Crippen LogP contribution in [0.25, 0.3) is 5.69 Å². The van der Waals surface area contributed by atoms with Crippen LogP contribution in [0.3, 0.4) is 0 Å². The van der Waals surface area contributed by atoms with Crippen molar-refractivity contribution < 1.29 is 4.79 Å². The molecule has 1 fully saturated rings. The average molecular weight is 364 g/mol. The van der Waals surface area contributed by atoms with Gasteiger partial charge in [0.1, 0.15) is 0 Å². The van der Waals surface area contributed by atoms with Gasteiger partial charge in [-0.1, -0.05) is 27.2 Å². The highest BCUT2D eigenvalue weighted by atomic mass is 79.9. The van der Waals surface area contributed by atoms with Crippen LogP contribution >= 0.6 is 15.9 Å². The first kappa shape index (κ1) is 15.2. The van der Waals surface area contributed by atoms with Crippen molar-refractivity contribution in [3.63, 3.8) is 0 Å². The molecule has 1 aromatic heterocycles. The van der Waals surface area contributed by atoms with Gasteiger partial charge < -0.3 is 11.1 Å². The Kier molecular flexibility index (Phi) is 4.26. The SMILES string of the molecule is Cc1c(C(=O)NCC(N)C2CC2)nnn1-c1cccc(Br)c1. The van der Waals surface area contributed by atoms with E-state index in [9.17, 15) is 4.79 Å². The smallest absolute Gasteiger partial charge is 0.273 e. The summed E-state index contributed by atoms with van der Waals surface area (Å²) in [7, 11) is 0. The number of benzene rings is 1. The molecule has 3 rings (SSSR count). The number of aromatic nitrogens is 3. The monoisotopic (exact) mass is 363 g/mol. The van der Waals surface area contributed by atoms with E-state index in [0.29, 0.717) is 23.9 Å². The van der Waals surface area contributed by atoms with E-state index >= 15 is 0 Å². The number of nitrogens with zero attached hydrogens (tertiary/aromatic N) is 3. The van der Waals surface area contributed by atoms with Crippen LogP contribution in [0.1, 0.15) is 29.0 Å². The molecule has 0 aliphatic heterocycles. The van der Waals surface area contributed by atoms with Crippen molar-refractivity contribution in [2.45, 2.75) is 25.8 Å². The number of hydrogen-bond acceptors (Lipinski definition) is 4. The van der Waals surface area contributed by atoms with Crippen LogP contribution in [0.5, 0.6) is 0 Å². The fourth-order valence-electron chi connectivity index (χ4n) is 2.38. The van der Waals surface area contributed by atoms with Gasteiger partial charge >= 0.3 is 0 Å². The number of amides is 1. The van der Waals surface area contributed by atoms with Gasteiger partial charge in [-0.05, 0) is 43.9 Å². The quantitative estimate of drug-likeness (QED) is 0.847. The Morgan fingerprint density at radius 3 is 3.00 bits per heavy atom. The summed E-state index contributed by atoms with van der Waals surface area (Å²) in [5, 5.41) is 10.9. The lowest BCUT2D eigenvalue weighted by atomic mass is 10.2. The summed E-state index contributed by atoms with van der Waals surface area (Å²) in [4.78, 5) is 12.2. The maximum Gasteiger partial charge on any atom is 0.273 e. The molecule has 1 amide bonds. The molecule has 3 N–H and O–H groups in total. The zero-order valence-corrected chi connectivity index (χ0v) is 13.9. The maximum absolute atomic E-state index is 12.2. The number of carbonyl (C=O) groups excluding carboxylic acids is 1. The molecule has 0 saturated heterocycles. The minimum absolute atomic E-state index is 0.0318. The summed E-state index contributed by atoms with van der Waals surface area (Å²) in [5.41, 5.74) is 7.89. The molecule has 116 valence electrons. The highest BCUT2D eigenvalue weighted by molar-refractivity contribution is 9.10. The normalized spacial score (nSPS) is 15.6. The van der Waals surface area contributed by atoms with Crippen molar-refractivity contribution in [2.75, 3.05) is 6.54 Å². The molecule has 1 aliphatic carbocycles. The molecule has 1 unspecified atom stereocenters. The fourth-order valence-corrected chi connectivity index (χ4v) is 2.76. The summed E-state index contributed by atoms with van der Waals surface area (Å²) < 4.78 is 2.60. The zero-order chi connectivity index (χ0) is 15.7. The number of rotatable bonds is 5. The van der Waals surface area contributed by atoms with Gasteiger partial charge in [0.25, 0.3) is 5.91 Å². The third-order valence-electron chi connectivity index (χ3n) is 3.89. The third kappa shape index (κ3) is 3.20. The minimum Gasteiger partial charge on any atom is -0.349 e. The van der Waals surface area contributed by atoms with Crippen molar-refractivity contribution in [1.82, 2.24) is 20.3 Å². The number of halogens is 1. The Bertz CT molecular complexity index is 695. The number of nitrogens with one attached hydrogen (secondary N) is 1. The topological polar surface area (TPSA) is 85.8 Å². The van der Waals surface area contributed by atoms with Crippen LogP contribution in [-0.4, -0.2) is 33.5 Å². The van der Waals surface area contributed by atoms with Crippen LogP contribution < -0.4 is 11.1 Å². The Labute approximate surface area is 137 Å².